The van der Waals surface area contributed by atoms with Gasteiger partial charge in [-0.2, -0.15) is 18.3 Å². The molecule has 1 heterocycles. The van der Waals surface area contributed by atoms with E-state index in [-0.39, 0.29) is 23.6 Å². The van der Waals surface area contributed by atoms with E-state index in [0.717, 1.165) is 41.2 Å². The highest BCUT2D eigenvalue weighted by Crippen LogP contribution is 2.29. The molecule has 0 aliphatic heterocycles. The van der Waals surface area contributed by atoms with E-state index in [0.29, 0.717) is 5.82 Å². The van der Waals surface area contributed by atoms with E-state index in [9.17, 15) is 22.8 Å². The third-order valence-corrected chi connectivity index (χ3v) is 5.68. The van der Waals surface area contributed by atoms with Gasteiger partial charge >= 0.3 is 6.18 Å². The number of amides is 2. The van der Waals surface area contributed by atoms with Gasteiger partial charge in [0.1, 0.15) is 12.4 Å². The molecule has 2 amide bonds. The van der Waals surface area contributed by atoms with E-state index in [1.54, 1.807) is 24.6 Å². The molecular formula is C27H31F3N4O2. The van der Waals surface area contributed by atoms with Crippen LogP contribution in [0.2, 0.25) is 0 Å². The van der Waals surface area contributed by atoms with Gasteiger partial charge in [-0.25, -0.2) is 4.68 Å². The van der Waals surface area contributed by atoms with Crippen LogP contribution in [-0.2, 0) is 16.4 Å². The van der Waals surface area contributed by atoms with Crippen LogP contribution in [0.25, 0.3) is 5.69 Å². The molecule has 0 atom stereocenters. The summed E-state index contributed by atoms with van der Waals surface area (Å²) in [5.41, 5.74) is 1.60. The number of halogens is 3. The number of carbonyl (C=O) groups excluding carboxylic acids is 2. The minimum absolute atomic E-state index is 0.0733. The average molecular weight is 501 g/mol. The highest BCUT2D eigenvalue weighted by Gasteiger charge is 2.31. The quantitative estimate of drug-likeness (QED) is 0.452. The number of hydrogen-bond acceptors (Lipinski definition) is 3. The maximum absolute atomic E-state index is 13.1. The Balaban J connectivity index is 1.84. The lowest BCUT2D eigenvalue weighted by molar-refractivity contribution is -0.137. The van der Waals surface area contributed by atoms with Crippen molar-refractivity contribution in [2.24, 2.45) is 0 Å². The molecule has 0 saturated heterocycles. The van der Waals surface area contributed by atoms with Gasteiger partial charge in [-0.05, 0) is 57.2 Å². The molecule has 0 spiro atoms. The molecule has 3 aromatic rings. The number of rotatable bonds is 6. The number of aryl methyl sites for hydroxylation is 1. The first kappa shape index (κ1) is 27.0. The van der Waals surface area contributed by atoms with Crippen molar-refractivity contribution in [3.63, 3.8) is 0 Å². The fraction of sp³-hybridized carbons (Fsp3) is 0.370. The number of nitrogens with one attached hydrogen (secondary N) is 1. The first-order valence-electron chi connectivity index (χ1n) is 11.6. The second-order valence-corrected chi connectivity index (χ2v) is 10.1. The van der Waals surface area contributed by atoms with Crippen molar-refractivity contribution in [1.29, 1.82) is 0 Å². The van der Waals surface area contributed by atoms with Crippen LogP contribution in [0.3, 0.4) is 0 Å². The van der Waals surface area contributed by atoms with Crippen LogP contribution in [-0.4, -0.2) is 39.1 Å². The van der Waals surface area contributed by atoms with Gasteiger partial charge in [0.15, 0.2) is 0 Å². The summed E-state index contributed by atoms with van der Waals surface area (Å²) in [6.07, 6.45) is -4.49. The molecule has 0 unspecified atom stereocenters. The van der Waals surface area contributed by atoms with Crippen molar-refractivity contribution in [3.05, 3.63) is 77.0 Å². The van der Waals surface area contributed by atoms with Crippen molar-refractivity contribution in [3.8, 4) is 5.69 Å². The average Bonchev–Trinajstić information content (AvgIpc) is 3.21. The Hall–Kier alpha value is -3.62. The Kier molecular flexibility index (Phi) is 7.62. The van der Waals surface area contributed by atoms with Crippen molar-refractivity contribution >= 4 is 17.6 Å². The topological polar surface area (TPSA) is 67.2 Å². The Morgan fingerprint density at radius 2 is 1.58 bits per heavy atom. The van der Waals surface area contributed by atoms with E-state index in [2.05, 4.69) is 10.4 Å². The first-order chi connectivity index (χ1) is 16.7. The molecule has 192 valence electrons. The standard InChI is InChI=1S/C27H31F3N4O2/c1-17(2)33(25(36)19-9-11-20(12-10-19)27(28,29)30)16-24(35)31-23-15-22(26(4,5)6)32-34(23)21-13-7-18(3)8-14-21/h7-15,17H,16H2,1-6H3,(H,31,35). The van der Waals surface area contributed by atoms with Crippen LogP contribution in [0.4, 0.5) is 19.0 Å². The second-order valence-electron chi connectivity index (χ2n) is 10.1. The van der Waals surface area contributed by atoms with E-state index >= 15 is 0 Å². The molecular weight excluding hydrogens is 469 g/mol. The molecule has 6 nitrogen and oxygen atoms in total. The maximum atomic E-state index is 13.1. The zero-order chi connectivity index (χ0) is 26.8. The number of benzene rings is 2. The summed E-state index contributed by atoms with van der Waals surface area (Å²) < 4.78 is 40.3. The summed E-state index contributed by atoms with van der Waals surface area (Å²) in [6.45, 7) is 11.2. The summed E-state index contributed by atoms with van der Waals surface area (Å²) in [7, 11) is 0. The number of alkyl halides is 3. The van der Waals surface area contributed by atoms with Crippen molar-refractivity contribution in [2.75, 3.05) is 11.9 Å². The van der Waals surface area contributed by atoms with Gasteiger partial charge in [-0.15, -0.1) is 0 Å². The summed E-state index contributed by atoms with van der Waals surface area (Å²) in [4.78, 5) is 27.4. The highest BCUT2D eigenvalue weighted by molar-refractivity contribution is 5.99. The molecule has 0 saturated carbocycles. The lowest BCUT2D eigenvalue weighted by Crippen LogP contribution is -2.42. The molecule has 9 heteroatoms. The summed E-state index contributed by atoms with van der Waals surface area (Å²) in [5, 5.41) is 7.54. The van der Waals surface area contributed by atoms with Crippen LogP contribution >= 0.6 is 0 Å². The molecule has 3 rings (SSSR count). The summed E-state index contributed by atoms with van der Waals surface area (Å²) in [5.74, 6) is -0.520. The zero-order valence-corrected chi connectivity index (χ0v) is 21.3. The summed E-state index contributed by atoms with van der Waals surface area (Å²) >= 11 is 0. The highest BCUT2D eigenvalue weighted by atomic mass is 19.4. The van der Waals surface area contributed by atoms with Gasteiger partial charge in [-0.1, -0.05) is 38.5 Å². The lowest BCUT2D eigenvalue weighted by atomic mass is 9.92. The molecule has 0 aliphatic rings. The third kappa shape index (κ3) is 6.33. The molecule has 0 radical (unpaired) electrons. The number of nitrogens with zero attached hydrogens (tertiary/aromatic N) is 3. The van der Waals surface area contributed by atoms with Gasteiger partial charge in [-0.3, -0.25) is 9.59 Å². The lowest BCUT2D eigenvalue weighted by Gasteiger charge is -2.26. The fourth-order valence-corrected chi connectivity index (χ4v) is 3.51. The normalized spacial score (nSPS) is 12.1. The zero-order valence-electron chi connectivity index (χ0n) is 21.3. The van der Waals surface area contributed by atoms with E-state index < -0.39 is 23.6 Å². The second kappa shape index (κ2) is 10.2. The van der Waals surface area contributed by atoms with E-state index in [1.165, 1.54) is 4.90 Å². The molecule has 0 bridgehead atoms. The Bertz CT molecular complexity index is 1220. The molecule has 0 fully saturated rings. The number of carbonyl (C=O) groups is 2. The Morgan fingerprint density at radius 3 is 2.08 bits per heavy atom. The number of aromatic nitrogens is 2. The van der Waals surface area contributed by atoms with Gasteiger partial charge in [0, 0.05) is 23.1 Å². The number of hydrogen-bond donors (Lipinski definition) is 1. The van der Waals surface area contributed by atoms with Gasteiger partial charge in [0.2, 0.25) is 5.91 Å². The molecule has 0 aliphatic carbocycles. The van der Waals surface area contributed by atoms with Crippen LogP contribution in [0.15, 0.2) is 54.6 Å². The third-order valence-electron chi connectivity index (χ3n) is 5.68. The molecule has 36 heavy (non-hydrogen) atoms. The first-order valence-corrected chi connectivity index (χ1v) is 11.6. The largest absolute Gasteiger partial charge is 0.416 e. The SMILES string of the molecule is Cc1ccc(-n2nc(C(C)(C)C)cc2NC(=O)CN(C(=O)c2ccc(C(F)(F)F)cc2)C(C)C)cc1. The monoisotopic (exact) mass is 500 g/mol. The molecule has 1 aromatic heterocycles. The van der Waals surface area contributed by atoms with Crippen LogP contribution in [0, 0.1) is 6.92 Å². The van der Waals surface area contributed by atoms with Crippen LogP contribution in [0.1, 0.15) is 61.8 Å². The van der Waals surface area contributed by atoms with Crippen molar-refractivity contribution < 1.29 is 22.8 Å². The smallest absolute Gasteiger partial charge is 0.327 e. The minimum Gasteiger partial charge on any atom is -0.327 e. The van der Waals surface area contributed by atoms with Gasteiger partial charge in [0.25, 0.3) is 5.91 Å². The predicted molar refractivity (Wildman–Crippen MR) is 133 cm³/mol. The maximum Gasteiger partial charge on any atom is 0.416 e. The van der Waals surface area contributed by atoms with Crippen molar-refractivity contribution in [1.82, 2.24) is 14.7 Å². The summed E-state index contributed by atoms with van der Waals surface area (Å²) in [6, 6.07) is 13.1. The van der Waals surface area contributed by atoms with Gasteiger partial charge in [0.05, 0.1) is 16.9 Å². The van der Waals surface area contributed by atoms with Crippen LogP contribution in [0.5, 0.6) is 0 Å². The minimum atomic E-state index is -4.49. The van der Waals surface area contributed by atoms with E-state index in [1.807, 2.05) is 52.0 Å². The Morgan fingerprint density at radius 1 is 1.00 bits per heavy atom. The van der Waals surface area contributed by atoms with E-state index in [4.69, 9.17) is 0 Å². The van der Waals surface area contributed by atoms with Crippen molar-refractivity contribution in [2.45, 2.75) is 59.2 Å². The predicted octanol–water partition coefficient (Wildman–Crippen LogP) is 5.99. The van der Waals surface area contributed by atoms with Gasteiger partial charge < -0.3 is 10.2 Å². The molecule has 1 N–H and O–H groups in total. The number of anilines is 1. The van der Waals surface area contributed by atoms with Crippen LogP contribution < -0.4 is 5.32 Å². The molecule has 2 aromatic carbocycles. The Labute approximate surface area is 209 Å². The fourth-order valence-electron chi connectivity index (χ4n) is 3.51.